The predicted molar refractivity (Wildman–Crippen MR) is 74.1 cm³/mol. The first-order chi connectivity index (χ1) is 8.49. The average molecular weight is 305 g/mol. The van der Waals surface area contributed by atoms with E-state index in [0.717, 1.165) is 10.4 Å². The molecule has 0 aliphatic carbocycles. The SMILES string of the molecule is Cc1cc(C(O)Cc2c(F)cccc2Cl)sc1Cl. The summed E-state index contributed by atoms with van der Waals surface area (Å²) in [6.07, 6.45) is -0.655. The number of hydrogen-bond donors (Lipinski definition) is 1. The van der Waals surface area contributed by atoms with Gasteiger partial charge in [0.1, 0.15) is 5.82 Å². The van der Waals surface area contributed by atoms with Crippen LogP contribution in [0.1, 0.15) is 22.1 Å². The van der Waals surface area contributed by atoms with Crippen LogP contribution < -0.4 is 0 Å². The summed E-state index contributed by atoms with van der Waals surface area (Å²) in [7, 11) is 0. The number of hydrogen-bond acceptors (Lipinski definition) is 2. The van der Waals surface area contributed by atoms with Crippen LogP contribution in [0.15, 0.2) is 24.3 Å². The highest BCUT2D eigenvalue weighted by Gasteiger charge is 2.17. The molecule has 0 bridgehead atoms. The largest absolute Gasteiger partial charge is 0.387 e. The van der Waals surface area contributed by atoms with Gasteiger partial charge in [-0.2, -0.15) is 0 Å². The third kappa shape index (κ3) is 2.86. The van der Waals surface area contributed by atoms with Gasteiger partial charge in [-0.25, -0.2) is 4.39 Å². The van der Waals surface area contributed by atoms with Gasteiger partial charge in [-0.1, -0.05) is 29.3 Å². The van der Waals surface area contributed by atoms with Gasteiger partial charge in [0.05, 0.1) is 10.4 Å². The summed E-state index contributed by atoms with van der Waals surface area (Å²) >= 11 is 13.2. The average Bonchev–Trinajstić information content (AvgIpc) is 2.64. The quantitative estimate of drug-likeness (QED) is 0.865. The van der Waals surface area contributed by atoms with E-state index in [4.69, 9.17) is 23.2 Å². The molecule has 96 valence electrons. The van der Waals surface area contributed by atoms with Crippen molar-refractivity contribution in [1.82, 2.24) is 0 Å². The minimum atomic E-state index is -0.796. The molecule has 0 aliphatic rings. The van der Waals surface area contributed by atoms with Gasteiger partial charge in [0.25, 0.3) is 0 Å². The number of halogens is 3. The molecule has 1 heterocycles. The highest BCUT2D eigenvalue weighted by Crippen LogP contribution is 2.33. The molecule has 18 heavy (non-hydrogen) atoms. The molecule has 0 aliphatic heterocycles. The van der Waals surface area contributed by atoms with Crippen LogP contribution >= 0.6 is 34.5 Å². The monoisotopic (exact) mass is 304 g/mol. The third-order valence-corrected chi connectivity index (χ3v) is 4.67. The molecule has 0 radical (unpaired) electrons. The topological polar surface area (TPSA) is 20.2 Å². The molecule has 0 fully saturated rings. The summed E-state index contributed by atoms with van der Waals surface area (Å²) in [5.41, 5.74) is 1.24. The maximum Gasteiger partial charge on any atom is 0.127 e. The Morgan fingerprint density at radius 2 is 2.11 bits per heavy atom. The van der Waals surface area contributed by atoms with Crippen LogP contribution in [0.4, 0.5) is 4.39 Å². The fraction of sp³-hybridized carbons (Fsp3) is 0.231. The lowest BCUT2D eigenvalue weighted by Gasteiger charge is -2.10. The molecule has 5 heteroatoms. The molecular weight excluding hydrogens is 294 g/mol. The van der Waals surface area contributed by atoms with Crippen LogP contribution in [0.3, 0.4) is 0 Å². The van der Waals surface area contributed by atoms with Gasteiger partial charge in [0.15, 0.2) is 0 Å². The van der Waals surface area contributed by atoms with Gasteiger partial charge in [0, 0.05) is 21.9 Å². The summed E-state index contributed by atoms with van der Waals surface area (Å²) in [6.45, 7) is 1.87. The van der Waals surface area contributed by atoms with Crippen molar-refractivity contribution in [2.75, 3.05) is 0 Å². The standard InChI is InChI=1S/C13H11Cl2FOS/c1-7-5-12(18-13(7)15)11(17)6-8-9(14)3-2-4-10(8)16/h2-5,11,17H,6H2,1H3. The summed E-state index contributed by atoms with van der Waals surface area (Å²) in [6, 6.07) is 6.30. The van der Waals surface area contributed by atoms with E-state index in [2.05, 4.69) is 0 Å². The van der Waals surface area contributed by atoms with Crippen molar-refractivity contribution >= 4 is 34.5 Å². The lowest BCUT2D eigenvalue weighted by molar-refractivity contribution is 0.181. The van der Waals surface area contributed by atoms with E-state index in [0.29, 0.717) is 14.9 Å². The van der Waals surface area contributed by atoms with E-state index < -0.39 is 11.9 Å². The lowest BCUT2D eigenvalue weighted by Crippen LogP contribution is -2.02. The fourth-order valence-electron chi connectivity index (χ4n) is 1.67. The first-order valence-electron chi connectivity index (χ1n) is 5.36. The molecule has 1 N–H and O–H groups in total. The number of aryl methyl sites for hydroxylation is 1. The molecular formula is C13H11Cl2FOS. The van der Waals surface area contributed by atoms with Crippen molar-refractivity contribution in [2.45, 2.75) is 19.4 Å². The zero-order chi connectivity index (χ0) is 13.3. The summed E-state index contributed by atoms with van der Waals surface area (Å²) in [5.74, 6) is -0.402. The molecule has 0 amide bonds. The van der Waals surface area contributed by atoms with Crippen LogP contribution in [-0.2, 0) is 6.42 Å². The van der Waals surface area contributed by atoms with Crippen molar-refractivity contribution in [1.29, 1.82) is 0 Å². The predicted octanol–water partition coefficient (Wildman–Crippen LogP) is 4.78. The van der Waals surface area contributed by atoms with Crippen LogP contribution in [0, 0.1) is 12.7 Å². The zero-order valence-electron chi connectivity index (χ0n) is 9.58. The second-order valence-corrected chi connectivity index (χ2v) is 6.12. The Labute approximate surface area is 119 Å². The first-order valence-corrected chi connectivity index (χ1v) is 6.93. The van der Waals surface area contributed by atoms with Crippen molar-refractivity contribution in [2.24, 2.45) is 0 Å². The Kier molecular flexibility index (Phi) is 4.28. The molecule has 1 atom stereocenters. The highest BCUT2D eigenvalue weighted by atomic mass is 35.5. The van der Waals surface area contributed by atoms with Gasteiger partial charge in [0.2, 0.25) is 0 Å². The Morgan fingerprint density at radius 3 is 2.67 bits per heavy atom. The maximum absolute atomic E-state index is 13.6. The number of benzene rings is 1. The molecule has 1 aromatic heterocycles. The molecule has 1 unspecified atom stereocenters. The molecule has 2 rings (SSSR count). The minimum Gasteiger partial charge on any atom is -0.387 e. The Hall–Kier alpha value is -0.610. The van der Waals surface area contributed by atoms with Gasteiger partial charge in [-0.05, 0) is 30.7 Å². The molecule has 1 aromatic carbocycles. The molecule has 0 saturated carbocycles. The zero-order valence-corrected chi connectivity index (χ0v) is 11.9. The first kappa shape index (κ1) is 13.8. The molecule has 0 saturated heterocycles. The maximum atomic E-state index is 13.6. The van der Waals surface area contributed by atoms with Crippen molar-refractivity contribution in [3.63, 3.8) is 0 Å². The van der Waals surface area contributed by atoms with E-state index >= 15 is 0 Å². The van der Waals surface area contributed by atoms with Gasteiger partial charge in [-0.15, -0.1) is 11.3 Å². The lowest BCUT2D eigenvalue weighted by atomic mass is 10.1. The molecule has 1 nitrogen and oxygen atoms in total. The third-order valence-electron chi connectivity index (χ3n) is 2.66. The van der Waals surface area contributed by atoms with Crippen molar-refractivity contribution in [3.8, 4) is 0 Å². The highest BCUT2D eigenvalue weighted by molar-refractivity contribution is 7.16. The van der Waals surface area contributed by atoms with E-state index in [-0.39, 0.29) is 6.42 Å². The number of thiophene rings is 1. The summed E-state index contributed by atoms with van der Waals surface area (Å²) in [4.78, 5) is 0.719. The van der Waals surface area contributed by atoms with E-state index in [1.54, 1.807) is 12.1 Å². The van der Waals surface area contributed by atoms with E-state index in [9.17, 15) is 9.50 Å². The number of aliphatic hydroxyl groups excluding tert-OH is 1. The molecule has 2 aromatic rings. The number of rotatable bonds is 3. The van der Waals surface area contributed by atoms with E-state index in [1.807, 2.05) is 13.0 Å². The van der Waals surface area contributed by atoms with Crippen molar-refractivity contribution in [3.05, 3.63) is 55.4 Å². The van der Waals surface area contributed by atoms with Crippen LogP contribution in [-0.4, -0.2) is 5.11 Å². The van der Waals surface area contributed by atoms with Crippen LogP contribution in [0.25, 0.3) is 0 Å². The number of aliphatic hydroxyl groups is 1. The smallest absolute Gasteiger partial charge is 0.127 e. The second kappa shape index (κ2) is 5.57. The normalized spacial score (nSPS) is 12.7. The van der Waals surface area contributed by atoms with Crippen molar-refractivity contribution < 1.29 is 9.50 Å². The summed E-state index contributed by atoms with van der Waals surface area (Å²) < 4.78 is 14.2. The summed E-state index contributed by atoms with van der Waals surface area (Å²) in [5, 5.41) is 10.4. The second-order valence-electron chi connectivity index (χ2n) is 4.03. The Morgan fingerprint density at radius 1 is 1.39 bits per heavy atom. The van der Waals surface area contributed by atoms with Gasteiger partial charge >= 0.3 is 0 Å². The fourth-order valence-corrected chi connectivity index (χ4v) is 3.11. The van der Waals surface area contributed by atoms with Gasteiger partial charge < -0.3 is 5.11 Å². The Bertz CT molecular complexity index is 528. The van der Waals surface area contributed by atoms with E-state index in [1.165, 1.54) is 17.4 Å². The van der Waals surface area contributed by atoms with Crippen LogP contribution in [0.2, 0.25) is 9.36 Å². The molecule has 0 spiro atoms. The van der Waals surface area contributed by atoms with Gasteiger partial charge in [-0.3, -0.25) is 0 Å². The minimum absolute atomic E-state index is 0.141. The van der Waals surface area contributed by atoms with Crippen LogP contribution in [0.5, 0.6) is 0 Å². The Balaban J connectivity index is 2.23.